The Morgan fingerprint density at radius 1 is 0.927 bits per heavy atom. The van der Waals surface area contributed by atoms with E-state index in [1.807, 2.05) is 36.5 Å². The number of benzene rings is 5. The number of rotatable bonds is 6. The lowest BCUT2D eigenvalue weighted by Crippen LogP contribution is -2.29. The molecule has 0 saturated heterocycles. The van der Waals surface area contributed by atoms with E-state index in [0.29, 0.717) is 17.6 Å². The second-order valence-electron chi connectivity index (χ2n) is 11.0. The minimum atomic E-state index is -0.266. The first-order valence-electron chi connectivity index (χ1n) is 14.2. The van der Waals surface area contributed by atoms with E-state index in [1.54, 1.807) is 6.07 Å². The van der Waals surface area contributed by atoms with Crippen LogP contribution >= 0.6 is 0 Å². The van der Waals surface area contributed by atoms with Gasteiger partial charge in [0.2, 0.25) is 0 Å². The van der Waals surface area contributed by atoms with Crippen LogP contribution in [0.3, 0.4) is 0 Å². The summed E-state index contributed by atoms with van der Waals surface area (Å²) in [5.74, 6) is 1.41. The molecule has 5 aromatic carbocycles. The van der Waals surface area contributed by atoms with E-state index in [4.69, 9.17) is 9.73 Å². The standard InChI is InChI=1S/C37H31FN2O/c1-24-12-18-35-33(20-24)31-10-5-11-32(31)37(40-35)27-13-16-29(17-14-27)39-22-34-30-9-3-2-7-26(30)15-19-36(34)41-23-25-6-4-8-28(38)21-25/h2-10,12-22,31-32,37,40H,11,23H2,1H3/t31-,32-,37-/m1/s1. The van der Waals surface area contributed by atoms with Gasteiger partial charge in [-0.05, 0) is 83.1 Å². The minimum Gasteiger partial charge on any atom is -0.488 e. The van der Waals surface area contributed by atoms with Crippen LogP contribution in [0.5, 0.6) is 5.75 Å². The lowest BCUT2D eigenvalue weighted by Gasteiger charge is -2.37. The van der Waals surface area contributed by atoms with Crippen LogP contribution in [0, 0.1) is 18.7 Å². The first-order chi connectivity index (χ1) is 20.1. The Hall–Kier alpha value is -4.70. The lowest BCUT2D eigenvalue weighted by molar-refractivity contribution is 0.305. The highest BCUT2D eigenvalue weighted by Gasteiger charge is 2.37. The zero-order valence-corrected chi connectivity index (χ0v) is 22.9. The summed E-state index contributed by atoms with van der Waals surface area (Å²) in [6.07, 6.45) is 7.67. The lowest BCUT2D eigenvalue weighted by atomic mass is 9.76. The van der Waals surface area contributed by atoms with Gasteiger partial charge < -0.3 is 10.1 Å². The average molecular weight is 539 g/mol. The quantitative estimate of drug-likeness (QED) is 0.173. The Morgan fingerprint density at radius 3 is 2.68 bits per heavy atom. The summed E-state index contributed by atoms with van der Waals surface area (Å²) in [5.41, 5.74) is 7.79. The zero-order chi connectivity index (χ0) is 27.8. The third-order valence-corrected chi connectivity index (χ3v) is 8.33. The third kappa shape index (κ3) is 5.02. The van der Waals surface area contributed by atoms with E-state index in [1.165, 1.54) is 34.5 Å². The predicted octanol–water partition coefficient (Wildman–Crippen LogP) is 9.44. The summed E-state index contributed by atoms with van der Waals surface area (Å²) in [5, 5.41) is 6.00. The SMILES string of the molecule is Cc1ccc2c(c1)[C@@H]1C=CC[C@H]1[C@@H](c1ccc(N=Cc3c(OCc4cccc(F)c4)ccc4ccccc34)cc1)N2. The molecule has 5 aromatic rings. The number of aliphatic imine (C=N–C) groups is 1. The van der Waals surface area contributed by atoms with E-state index in [2.05, 4.69) is 79.0 Å². The van der Waals surface area contributed by atoms with Crippen molar-refractivity contribution in [2.75, 3.05) is 5.32 Å². The van der Waals surface area contributed by atoms with Crippen LogP contribution in [-0.4, -0.2) is 6.21 Å². The number of allylic oxidation sites excluding steroid dienone is 2. The van der Waals surface area contributed by atoms with Gasteiger partial charge in [-0.3, -0.25) is 4.99 Å². The van der Waals surface area contributed by atoms with Gasteiger partial charge in [-0.25, -0.2) is 4.39 Å². The number of fused-ring (bicyclic) bond motifs is 4. The topological polar surface area (TPSA) is 33.6 Å². The van der Waals surface area contributed by atoms with Crippen molar-refractivity contribution in [1.29, 1.82) is 0 Å². The highest BCUT2D eigenvalue weighted by atomic mass is 19.1. The van der Waals surface area contributed by atoms with Gasteiger partial charge in [0.25, 0.3) is 0 Å². The minimum absolute atomic E-state index is 0.254. The summed E-state index contributed by atoms with van der Waals surface area (Å²) in [7, 11) is 0. The van der Waals surface area contributed by atoms with Crippen LogP contribution in [0.15, 0.2) is 120 Å². The molecule has 1 aliphatic heterocycles. The molecule has 4 heteroatoms. The summed E-state index contributed by atoms with van der Waals surface area (Å²) in [6, 6.07) is 34.3. The van der Waals surface area contributed by atoms with E-state index in [9.17, 15) is 4.39 Å². The average Bonchev–Trinajstić information content (AvgIpc) is 3.50. The molecule has 7 rings (SSSR count). The van der Waals surface area contributed by atoms with Crippen LogP contribution in [-0.2, 0) is 6.61 Å². The molecule has 0 unspecified atom stereocenters. The molecule has 0 amide bonds. The number of nitrogens with zero attached hydrogens (tertiary/aromatic N) is 1. The fourth-order valence-corrected chi connectivity index (χ4v) is 6.27. The first kappa shape index (κ1) is 25.3. The number of nitrogens with one attached hydrogen (secondary N) is 1. The molecule has 0 saturated carbocycles. The van der Waals surface area contributed by atoms with Crippen LogP contribution in [0.2, 0.25) is 0 Å². The molecule has 0 radical (unpaired) electrons. The van der Waals surface area contributed by atoms with Crippen molar-refractivity contribution in [3.8, 4) is 5.75 Å². The summed E-state index contributed by atoms with van der Waals surface area (Å²) in [6.45, 7) is 2.44. The van der Waals surface area contributed by atoms with Crippen molar-refractivity contribution < 1.29 is 9.13 Å². The Bertz CT molecular complexity index is 1790. The Balaban J connectivity index is 1.15. The molecule has 41 heavy (non-hydrogen) atoms. The highest BCUT2D eigenvalue weighted by molar-refractivity contribution is 6.03. The molecule has 2 aliphatic rings. The molecule has 1 heterocycles. The van der Waals surface area contributed by atoms with Crippen LogP contribution in [0.4, 0.5) is 15.8 Å². The number of anilines is 1. The second-order valence-corrected chi connectivity index (χ2v) is 11.0. The van der Waals surface area contributed by atoms with Crippen molar-refractivity contribution >= 4 is 28.4 Å². The molecular weight excluding hydrogens is 507 g/mol. The largest absolute Gasteiger partial charge is 0.488 e. The Morgan fingerprint density at radius 2 is 1.80 bits per heavy atom. The Kier molecular flexibility index (Phi) is 6.60. The van der Waals surface area contributed by atoms with Gasteiger partial charge in [0.1, 0.15) is 18.2 Å². The second kappa shape index (κ2) is 10.7. The molecular formula is C37H31FN2O. The Labute approximate surface area is 240 Å². The van der Waals surface area contributed by atoms with Crippen molar-refractivity contribution in [3.05, 3.63) is 149 Å². The zero-order valence-electron chi connectivity index (χ0n) is 22.9. The number of hydrogen-bond donors (Lipinski definition) is 1. The number of ether oxygens (including phenoxy) is 1. The maximum absolute atomic E-state index is 13.7. The highest BCUT2D eigenvalue weighted by Crippen LogP contribution is 2.50. The van der Waals surface area contributed by atoms with Crippen molar-refractivity contribution in [1.82, 2.24) is 0 Å². The number of halogens is 1. The van der Waals surface area contributed by atoms with Crippen LogP contribution in [0.25, 0.3) is 10.8 Å². The molecule has 0 aromatic heterocycles. The fourth-order valence-electron chi connectivity index (χ4n) is 6.27. The van der Waals surface area contributed by atoms with Crippen LogP contribution < -0.4 is 10.1 Å². The monoisotopic (exact) mass is 538 g/mol. The maximum Gasteiger partial charge on any atom is 0.129 e. The van der Waals surface area contributed by atoms with Crippen molar-refractivity contribution in [3.63, 3.8) is 0 Å². The van der Waals surface area contributed by atoms with Crippen molar-refractivity contribution in [2.45, 2.75) is 31.9 Å². The van der Waals surface area contributed by atoms with Gasteiger partial charge in [-0.1, -0.05) is 84.4 Å². The van der Waals surface area contributed by atoms with Crippen LogP contribution in [0.1, 0.15) is 46.2 Å². The fraction of sp³-hybridized carbons (Fsp3) is 0.162. The summed E-state index contributed by atoms with van der Waals surface area (Å²) in [4.78, 5) is 4.86. The van der Waals surface area contributed by atoms with Gasteiger partial charge in [0, 0.05) is 23.4 Å². The normalized spacial score (nSPS) is 19.2. The van der Waals surface area contributed by atoms with Gasteiger partial charge >= 0.3 is 0 Å². The molecule has 202 valence electrons. The van der Waals surface area contributed by atoms with Gasteiger partial charge in [-0.2, -0.15) is 0 Å². The summed E-state index contributed by atoms with van der Waals surface area (Å²) < 4.78 is 19.9. The molecule has 3 atom stereocenters. The molecule has 0 bridgehead atoms. The van der Waals surface area contributed by atoms with E-state index >= 15 is 0 Å². The van der Waals surface area contributed by atoms with Gasteiger partial charge in [-0.15, -0.1) is 0 Å². The molecule has 0 fully saturated rings. The molecule has 1 aliphatic carbocycles. The molecule has 0 spiro atoms. The smallest absolute Gasteiger partial charge is 0.129 e. The van der Waals surface area contributed by atoms with E-state index in [-0.39, 0.29) is 18.5 Å². The van der Waals surface area contributed by atoms with Crippen molar-refractivity contribution in [2.24, 2.45) is 10.9 Å². The summed E-state index contributed by atoms with van der Waals surface area (Å²) >= 11 is 0. The third-order valence-electron chi connectivity index (χ3n) is 8.33. The van der Waals surface area contributed by atoms with Gasteiger partial charge in [0.05, 0.1) is 11.7 Å². The molecule has 1 N–H and O–H groups in total. The van der Waals surface area contributed by atoms with Gasteiger partial charge in [0.15, 0.2) is 0 Å². The van der Waals surface area contributed by atoms with E-state index < -0.39 is 0 Å². The number of hydrogen-bond acceptors (Lipinski definition) is 3. The number of aryl methyl sites for hydroxylation is 1. The first-order valence-corrected chi connectivity index (χ1v) is 14.2. The van der Waals surface area contributed by atoms with E-state index in [0.717, 1.165) is 34.0 Å². The molecule has 3 nitrogen and oxygen atoms in total. The maximum atomic E-state index is 13.7. The predicted molar refractivity (Wildman–Crippen MR) is 166 cm³/mol.